The molecule has 4 N–H and O–H groups in total. The fourth-order valence-electron chi connectivity index (χ4n) is 1.44. The van der Waals surface area contributed by atoms with Gasteiger partial charge in [-0.1, -0.05) is 34.6 Å². The summed E-state index contributed by atoms with van der Waals surface area (Å²) in [6.07, 6.45) is -1.61. The van der Waals surface area contributed by atoms with E-state index in [9.17, 15) is 14.7 Å². The third kappa shape index (κ3) is 5.57. The zero-order chi connectivity index (χ0) is 15.4. The van der Waals surface area contributed by atoms with Gasteiger partial charge < -0.3 is 20.6 Å². The molecule has 0 aliphatic heterocycles. The first-order valence-electron chi connectivity index (χ1n) is 6.23. The Labute approximate surface area is 113 Å². The van der Waals surface area contributed by atoms with E-state index in [1.165, 1.54) is 0 Å². The Bertz CT molecular complexity index is 332. The lowest BCUT2D eigenvalue weighted by atomic mass is 9.83. The maximum atomic E-state index is 11.9. The predicted octanol–water partition coefficient (Wildman–Crippen LogP) is 0.371. The van der Waals surface area contributed by atoms with Crippen molar-refractivity contribution in [3.05, 3.63) is 0 Å². The van der Waals surface area contributed by atoms with Crippen LogP contribution in [0.25, 0.3) is 0 Å². The van der Waals surface area contributed by atoms with Crippen molar-refractivity contribution in [3.63, 3.8) is 0 Å². The lowest BCUT2D eigenvalue weighted by molar-refractivity contribution is -0.141. The molecule has 19 heavy (non-hydrogen) atoms. The van der Waals surface area contributed by atoms with Gasteiger partial charge in [0.05, 0.1) is 13.0 Å². The minimum atomic E-state index is -1.39. The van der Waals surface area contributed by atoms with Crippen LogP contribution in [0.5, 0.6) is 0 Å². The van der Waals surface area contributed by atoms with Crippen molar-refractivity contribution in [1.29, 1.82) is 0 Å². The van der Waals surface area contributed by atoms with Crippen molar-refractivity contribution in [3.8, 4) is 0 Å². The minimum Gasteiger partial charge on any atom is -0.481 e. The molecule has 0 saturated heterocycles. The Morgan fingerprint density at radius 1 is 1.16 bits per heavy atom. The maximum absolute atomic E-state index is 11.9. The molecule has 2 atom stereocenters. The van der Waals surface area contributed by atoms with Crippen molar-refractivity contribution in [2.45, 2.75) is 53.2 Å². The molecular formula is C13H25NO5. The first kappa shape index (κ1) is 17.9. The molecular weight excluding hydrogens is 250 g/mol. The van der Waals surface area contributed by atoms with Gasteiger partial charge in [-0.05, 0) is 5.41 Å². The van der Waals surface area contributed by atoms with Gasteiger partial charge >= 0.3 is 5.97 Å². The largest absolute Gasteiger partial charge is 0.481 e. The number of aliphatic carboxylic acids is 1. The van der Waals surface area contributed by atoms with E-state index in [1.807, 2.05) is 20.8 Å². The summed E-state index contributed by atoms with van der Waals surface area (Å²) >= 11 is 0. The summed E-state index contributed by atoms with van der Waals surface area (Å²) in [5, 5.41) is 30.4. The molecule has 0 fully saturated rings. The van der Waals surface area contributed by atoms with Gasteiger partial charge in [0.15, 0.2) is 0 Å². The summed E-state index contributed by atoms with van der Waals surface area (Å²) in [4.78, 5) is 22.7. The van der Waals surface area contributed by atoms with Gasteiger partial charge in [0, 0.05) is 11.5 Å². The number of carbonyl (C=O) groups is 2. The van der Waals surface area contributed by atoms with Crippen LogP contribution < -0.4 is 5.32 Å². The fraction of sp³-hybridized carbons (Fsp3) is 0.846. The number of aliphatic hydroxyl groups is 2. The van der Waals surface area contributed by atoms with Crippen molar-refractivity contribution in [1.82, 2.24) is 5.32 Å². The molecule has 0 aliphatic rings. The molecule has 0 saturated carbocycles. The Morgan fingerprint density at radius 3 is 1.95 bits per heavy atom. The third-order valence-electron chi connectivity index (χ3n) is 3.14. The number of amides is 1. The zero-order valence-corrected chi connectivity index (χ0v) is 12.2. The Kier molecular flexibility index (Phi) is 5.96. The van der Waals surface area contributed by atoms with Crippen LogP contribution in [0, 0.1) is 10.8 Å². The molecule has 112 valence electrons. The zero-order valence-electron chi connectivity index (χ0n) is 12.2. The van der Waals surface area contributed by atoms with Crippen molar-refractivity contribution in [2.24, 2.45) is 10.8 Å². The number of rotatable bonds is 6. The van der Waals surface area contributed by atoms with E-state index >= 15 is 0 Å². The van der Waals surface area contributed by atoms with Gasteiger partial charge in [-0.15, -0.1) is 0 Å². The number of hydrogen-bond acceptors (Lipinski definition) is 4. The van der Waals surface area contributed by atoms with Crippen LogP contribution in [-0.2, 0) is 9.59 Å². The van der Waals surface area contributed by atoms with Gasteiger partial charge in [-0.3, -0.25) is 9.59 Å². The normalized spacial score (nSPS) is 15.7. The predicted molar refractivity (Wildman–Crippen MR) is 70.5 cm³/mol. The number of nitrogens with one attached hydrogen (secondary N) is 1. The number of carbonyl (C=O) groups excluding carboxylic acids is 1. The van der Waals surface area contributed by atoms with E-state index in [0.29, 0.717) is 0 Å². The highest BCUT2D eigenvalue weighted by Crippen LogP contribution is 2.24. The first-order valence-corrected chi connectivity index (χ1v) is 6.23. The summed E-state index contributed by atoms with van der Waals surface area (Å²) in [6.45, 7) is 8.20. The molecule has 0 heterocycles. The molecule has 0 bridgehead atoms. The van der Waals surface area contributed by atoms with Crippen LogP contribution in [0.4, 0.5) is 0 Å². The van der Waals surface area contributed by atoms with Crippen LogP contribution in [0.2, 0.25) is 0 Å². The molecule has 0 aromatic heterocycles. The number of carboxylic acid groups (broad SMARTS) is 1. The highest BCUT2D eigenvalue weighted by atomic mass is 16.4. The summed E-state index contributed by atoms with van der Waals surface area (Å²) in [6, 6.07) is -0.596. The van der Waals surface area contributed by atoms with Crippen molar-refractivity contribution in [2.75, 3.05) is 6.61 Å². The van der Waals surface area contributed by atoms with Gasteiger partial charge in [0.1, 0.15) is 6.10 Å². The van der Waals surface area contributed by atoms with Crippen LogP contribution >= 0.6 is 0 Å². The van der Waals surface area contributed by atoms with Gasteiger partial charge in [-0.25, -0.2) is 0 Å². The smallest absolute Gasteiger partial charge is 0.305 e. The number of carboxylic acids is 1. The van der Waals surface area contributed by atoms with Gasteiger partial charge in [0.2, 0.25) is 5.91 Å². The molecule has 6 nitrogen and oxygen atoms in total. The molecule has 1 unspecified atom stereocenters. The second-order valence-corrected chi connectivity index (χ2v) is 6.57. The average Bonchev–Trinajstić information content (AvgIpc) is 2.25. The highest BCUT2D eigenvalue weighted by molar-refractivity contribution is 5.82. The van der Waals surface area contributed by atoms with E-state index in [1.54, 1.807) is 13.8 Å². The summed E-state index contributed by atoms with van der Waals surface area (Å²) in [5.74, 6) is -1.68. The van der Waals surface area contributed by atoms with Crippen LogP contribution in [-0.4, -0.2) is 45.9 Å². The monoisotopic (exact) mass is 275 g/mol. The van der Waals surface area contributed by atoms with E-state index in [4.69, 9.17) is 10.2 Å². The Balaban J connectivity index is 4.87. The molecule has 1 amide bonds. The standard InChI is InChI=1S/C13H25NO5/c1-12(2,3)8(6-9(16)17)14-11(19)10(18)13(4,5)7-15/h8,10,15,18H,6-7H2,1-5H3,(H,14,19)(H,16,17)/t8-,10?/m1/s1. The van der Waals surface area contributed by atoms with Crippen LogP contribution in [0.3, 0.4) is 0 Å². The first-order chi connectivity index (χ1) is 8.41. The third-order valence-corrected chi connectivity index (χ3v) is 3.14. The number of hydrogen-bond donors (Lipinski definition) is 4. The van der Waals surface area contributed by atoms with Gasteiger partial charge in [-0.2, -0.15) is 0 Å². The lowest BCUT2D eigenvalue weighted by Crippen LogP contribution is -2.52. The topological polar surface area (TPSA) is 107 Å². The lowest BCUT2D eigenvalue weighted by Gasteiger charge is -2.33. The second kappa shape index (κ2) is 6.34. The Morgan fingerprint density at radius 2 is 1.63 bits per heavy atom. The van der Waals surface area contributed by atoms with Crippen molar-refractivity contribution >= 4 is 11.9 Å². The highest BCUT2D eigenvalue weighted by Gasteiger charge is 2.36. The molecule has 0 aromatic carbocycles. The molecule has 6 heteroatoms. The molecule has 0 radical (unpaired) electrons. The molecule has 0 rings (SSSR count). The van der Waals surface area contributed by atoms with E-state index < -0.39 is 34.9 Å². The van der Waals surface area contributed by atoms with E-state index in [2.05, 4.69) is 5.32 Å². The maximum Gasteiger partial charge on any atom is 0.305 e. The van der Waals surface area contributed by atoms with E-state index in [0.717, 1.165) is 0 Å². The summed E-state index contributed by atoms with van der Waals surface area (Å²) < 4.78 is 0. The molecule has 0 aromatic rings. The van der Waals surface area contributed by atoms with E-state index in [-0.39, 0.29) is 13.0 Å². The minimum absolute atomic E-state index is 0.221. The van der Waals surface area contributed by atoms with Crippen LogP contribution in [0.15, 0.2) is 0 Å². The van der Waals surface area contributed by atoms with Gasteiger partial charge in [0.25, 0.3) is 0 Å². The summed E-state index contributed by atoms with van der Waals surface area (Å²) in [7, 11) is 0. The molecule has 0 aliphatic carbocycles. The second-order valence-electron chi connectivity index (χ2n) is 6.57. The van der Waals surface area contributed by atoms with Crippen molar-refractivity contribution < 1.29 is 24.9 Å². The molecule has 0 spiro atoms. The Hall–Kier alpha value is -1.14. The van der Waals surface area contributed by atoms with Crippen LogP contribution in [0.1, 0.15) is 41.0 Å². The average molecular weight is 275 g/mol. The SMILES string of the molecule is CC(C)(CO)C(O)C(=O)N[C@H](CC(=O)O)C(C)(C)C. The summed E-state index contributed by atoms with van der Waals surface area (Å²) in [5.41, 5.74) is -1.42. The quantitative estimate of drug-likeness (QED) is 0.560. The number of aliphatic hydroxyl groups excluding tert-OH is 2. The fourth-order valence-corrected chi connectivity index (χ4v) is 1.44.